The molecule has 4 fully saturated rings. The number of thiazole rings is 1. The van der Waals surface area contributed by atoms with Gasteiger partial charge in [-0.1, -0.05) is 5.16 Å². The number of nitrogens with two attached hydrogens (primary N) is 1. The Balaban J connectivity index is 1.52. The van der Waals surface area contributed by atoms with Gasteiger partial charge in [-0.15, -0.1) is 11.3 Å². The summed E-state index contributed by atoms with van der Waals surface area (Å²) in [6.45, 7) is 0. The topological polar surface area (TPSA) is 77.8 Å². The molecule has 0 amide bonds. The average Bonchev–Trinajstić information content (AvgIpc) is 3.05. The lowest BCUT2D eigenvalue weighted by atomic mass is 9.49. The lowest BCUT2D eigenvalue weighted by Crippen LogP contribution is -2.49. The van der Waals surface area contributed by atoms with Gasteiger partial charge in [0, 0.05) is 10.8 Å². The van der Waals surface area contributed by atoms with E-state index in [-0.39, 0.29) is 5.41 Å². The molecule has 4 bridgehead atoms. The fourth-order valence-electron chi connectivity index (χ4n) is 5.31. The molecule has 2 aromatic rings. The second-order valence-corrected chi connectivity index (χ2v) is 8.08. The van der Waals surface area contributed by atoms with Gasteiger partial charge in [0.1, 0.15) is 5.69 Å². The van der Waals surface area contributed by atoms with Crippen LogP contribution in [0.1, 0.15) is 44.3 Å². The summed E-state index contributed by atoms with van der Waals surface area (Å²) in [5, 5.41) is 6.75. The Bertz CT molecular complexity index is 656. The molecule has 0 unspecified atom stereocenters. The van der Waals surface area contributed by atoms with Crippen molar-refractivity contribution in [2.45, 2.75) is 43.9 Å². The van der Waals surface area contributed by atoms with Gasteiger partial charge in [0.25, 0.3) is 5.89 Å². The molecule has 0 aliphatic heterocycles. The predicted octanol–water partition coefficient (Wildman–Crippen LogP) is 3.24. The molecular weight excluding hydrogens is 284 g/mol. The lowest BCUT2D eigenvalue weighted by Gasteiger charge is -2.55. The second kappa shape index (κ2) is 4.06. The molecule has 21 heavy (non-hydrogen) atoms. The fourth-order valence-corrected chi connectivity index (χ4v) is 5.85. The summed E-state index contributed by atoms with van der Waals surface area (Å²) >= 11 is 1.41. The van der Waals surface area contributed by atoms with E-state index in [4.69, 9.17) is 15.2 Å². The maximum atomic E-state index is 5.69. The van der Waals surface area contributed by atoms with E-state index in [9.17, 15) is 0 Å². The van der Waals surface area contributed by atoms with Crippen LogP contribution in [0.4, 0.5) is 5.13 Å². The molecule has 0 radical (unpaired) electrons. The molecule has 0 spiro atoms. The highest BCUT2D eigenvalue weighted by molar-refractivity contribution is 7.13. The molecule has 6 heteroatoms. The van der Waals surface area contributed by atoms with E-state index in [1.807, 2.05) is 5.38 Å². The van der Waals surface area contributed by atoms with Gasteiger partial charge in [-0.25, -0.2) is 4.98 Å². The quantitative estimate of drug-likeness (QED) is 0.921. The van der Waals surface area contributed by atoms with Gasteiger partial charge in [0.15, 0.2) is 11.0 Å². The Labute approximate surface area is 127 Å². The summed E-state index contributed by atoms with van der Waals surface area (Å²) in [6, 6.07) is 0. The van der Waals surface area contributed by atoms with E-state index in [0.717, 1.165) is 23.6 Å². The molecule has 0 saturated heterocycles. The Morgan fingerprint density at radius 3 is 2.33 bits per heavy atom. The van der Waals surface area contributed by atoms with Crippen molar-refractivity contribution >= 4 is 16.5 Å². The first-order valence-electron chi connectivity index (χ1n) is 7.76. The predicted molar refractivity (Wildman–Crippen MR) is 79.7 cm³/mol. The maximum absolute atomic E-state index is 5.69. The number of aromatic nitrogens is 3. The van der Waals surface area contributed by atoms with E-state index in [1.165, 1.54) is 49.9 Å². The van der Waals surface area contributed by atoms with Crippen LogP contribution in [-0.4, -0.2) is 15.1 Å². The number of nitrogen functional groups attached to an aromatic ring is 1. The number of hydrogen-bond acceptors (Lipinski definition) is 6. The number of hydrogen-bond donors (Lipinski definition) is 1. The molecule has 4 saturated carbocycles. The molecule has 0 atom stereocenters. The molecule has 0 aromatic carbocycles. The van der Waals surface area contributed by atoms with Gasteiger partial charge < -0.3 is 10.3 Å². The van der Waals surface area contributed by atoms with Crippen molar-refractivity contribution in [3.05, 3.63) is 11.2 Å². The molecule has 2 N–H and O–H groups in total. The third kappa shape index (κ3) is 1.78. The van der Waals surface area contributed by atoms with E-state index >= 15 is 0 Å². The van der Waals surface area contributed by atoms with Crippen LogP contribution < -0.4 is 5.73 Å². The van der Waals surface area contributed by atoms with Crippen molar-refractivity contribution < 1.29 is 4.52 Å². The second-order valence-electron chi connectivity index (χ2n) is 7.19. The van der Waals surface area contributed by atoms with Gasteiger partial charge in [-0.05, 0) is 56.3 Å². The van der Waals surface area contributed by atoms with Crippen LogP contribution in [0.5, 0.6) is 0 Å². The SMILES string of the molecule is Nc1nc(-c2nc(C34CC5CC(CC(C5)C3)C4)no2)cs1. The van der Waals surface area contributed by atoms with Crippen molar-refractivity contribution in [1.29, 1.82) is 0 Å². The summed E-state index contributed by atoms with van der Waals surface area (Å²) < 4.78 is 5.48. The first-order chi connectivity index (χ1) is 10.2. The van der Waals surface area contributed by atoms with Crippen LogP contribution in [0.25, 0.3) is 11.6 Å². The van der Waals surface area contributed by atoms with E-state index in [0.29, 0.717) is 16.7 Å². The zero-order valence-corrected chi connectivity index (χ0v) is 12.6. The van der Waals surface area contributed by atoms with Crippen LogP contribution in [-0.2, 0) is 5.41 Å². The van der Waals surface area contributed by atoms with Crippen LogP contribution in [0.3, 0.4) is 0 Å². The standard InChI is InChI=1S/C15H18N4OS/c16-14-17-11(7-21-14)12-18-13(19-20-12)15-4-8-1-9(5-15)3-10(2-8)6-15/h7-10H,1-6H2,(H2,16,17). The molecule has 4 aliphatic carbocycles. The highest BCUT2D eigenvalue weighted by Crippen LogP contribution is 2.60. The first kappa shape index (κ1) is 12.1. The lowest BCUT2D eigenvalue weighted by molar-refractivity contribution is -0.0103. The Morgan fingerprint density at radius 2 is 1.76 bits per heavy atom. The van der Waals surface area contributed by atoms with E-state index in [1.54, 1.807) is 0 Å². The minimum atomic E-state index is 0.179. The van der Waals surface area contributed by atoms with Crippen molar-refractivity contribution in [3.63, 3.8) is 0 Å². The first-order valence-corrected chi connectivity index (χ1v) is 8.64. The van der Waals surface area contributed by atoms with Crippen molar-refractivity contribution in [2.75, 3.05) is 5.73 Å². The van der Waals surface area contributed by atoms with Crippen LogP contribution >= 0.6 is 11.3 Å². The van der Waals surface area contributed by atoms with Crippen molar-refractivity contribution in [3.8, 4) is 11.6 Å². The third-order valence-corrected chi connectivity index (χ3v) is 6.35. The minimum Gasteiger partial charge on any atom is -0.375 e. The number of anilines is 1. The van der Waals surface area contributed by atoms with E-state index in [2.05, 4.69) is 10.1 Å². The average molecular weight is 302 g/mol. The molecule has 110 valence electrons. The zero-order chi connectivity index (χ0) is 14.0. The Kier molecular flexibility index (Phi) is 2.35. The normalized spacial score (nSPS) is 37.2. The van der Waals surface area contributed by atoms with Crippen LogP contribution in [0.2, 0.25) is 0 Å². The molecule has 2 aromatic heterocycles. The Morgan fingerprint density at radius 1 is 1.10 bits per heavy atom. The summed E-state index contributed by atoms with van der Waals surface area (Å²) in [5.74, 6) is 4.09. The highest BCUT2D eigenvalue weighted by atomic mass is 32.1. The largest absolute Gasteiger partial charge is 0.375 e. The van der Waals surface area contributed by atoms with Gasteiger partial charge in [0.2, 0.25) is 0 Å². The summed E-state index contributed by atoms with van der Waals surface area (Å²) in [7, 11) is 0. The number of rotatable bonds is 2. The van der Waals surface area contributed by atoms with Gasteiger partial charge >= 0.3 is 0 Å². The third-order valence-electron chi connectivity index (χ3n) is 5.68. The minimum absolute atomic E-state index is 0.179. The van der Waals surface area contributed by atoms with E-state index < -0.39 is 0 Å². The molecule has 5 nitrogen and oxygen atoms in total. The molecule has 2 heterocycles. The van der Waals surface area contributed by atoms with Gasteiger partial charge in [-0.3, -0.25) is 0 Å². The summed E-state index contributed by atoms with van der Waals surface area (Å²) in [5.41, 5.74) is 6.57. The van der Waals surface area contributed by atoms with Gasteiger partial charge in [-0.2, -0.15) is 4.98 Å². The van der Waals surface area contributed by atoms with Crippen LogP contribution in [0, 0.1) is 17.8 Å². The zero-order valence-electron chi connectivity index (χ0n) is 11.8. The monoisotopic (exact) mass is 302 g/mol. The van der Waals surface area contributed by atoms with Crippen LogP contribution in [0.15, 0.2) is 9.90 Å². The smallest absolute Gasteiger partial charge is 0.277 e. The molecule has 4 aliphatic rings. The van der Waals surface area contributed by atoms with Crippen molar-refractivity contribution in [1.82, 2.24) is 15.1 Å². The fraction of sp³-hybridized carbons (Fsp3) is 0.667. The summed E-state index contributed by atoms with van der Waals surface area (Å²) in [4.78, 5) is 8.94. The maximum Gasteiger partial charge on any atom is 0.277 e. The molecular formula is C15H18N4OS. The Hall–Kier alpha value is -1.43. The highest BCUT2D eigenvalue weighted by Gasteiger charge is 2.53. The summed E-state index contributed by atoms with van der Waals surface area (Å²) in [6.07, 6.45) is 8.01. The molecule has 6 rings (SSSR count). The number of nitrogens with zero attached hydrogens (tertiary/aromatic N) is 3. The van der Waals surface area contributed by atoms with Gasteiger partial charge in [0.05, 0.1) is 0 Å². The van der Waals surface area contributed by atoms with Crippen molar-refractivity contribution in [2.24, 2.45) is 17.8 Å².